The van der Waals surface area contributed by atoms with E-state index in [1.807, 2.05) is 6.07 Å². The lowest BCUT2D eigenvalue weighted by atomic mass is 10.1. The second-order valence-electron chi connectivity index (χ2n) is 4.35. The Balaban J connectivity index is 2.15. The van der Waals surface area contributed by atoms with Gasteiger partial charge in [-0.2, -0.15) is 0 Å². The molecule has 0 unspecified atom stereocenters. The molecule has 0 radical (unpaired) electrons. The number of hydrogen-bond acceptors (Lipinski definition) is 5. The van der Waals surface area contributed by atoms with Crippen LogP contribution in [0.25, 0.3) is 21.5 Å². The summed E-state index contributed by atoms with van der Waals surface area (Å²) in [4.78, 5) is 16.3. The third-order valence-electron chi connectivity index (χ3n) is 3.08. The number of non-ortho nitro benzene ring substituents is 1. The van der Waals surface area contributed by atoms with Crippen LogP contribution in [0.3, 0.4) is 0 Å². The highest BCUT2D eigenvalue weighted by molar-refractivity contribution is 7.19. The predicted molar refractivity (Wildman–Crippen MR) is 84.1 cm³/mol. The molecule has 5 nitrogen and oxygen atoms in total. The number of anilines is 1. The zero-order chi connectivity index (χ0) is 15.0. The summed E-state index contributed by atoms with van der Waals surface area (Å²) in [5.41, 5.74) is 7.85. The van der Waals surface area contributed by atoms with Crippen molar-refractivity contribution in [1.82, 2.24) is 4.98 Å². The second-order valence-corrected chi connectivity index (χ2v) is 5.34. The molecule has 1 aromatic carbocycles. The van der Waals surface area contributed by atoms with Gasteiger partial charge in [0.15, 0.2) is 0 Å². The van der Waals surface area contributed by atoms with E-state index in [4.69, 9.17) is 12.2 Å². The number of hydrogen-bond donors (Lipinski definition) is 1. The maximum Gasteiger partial charge on any atom is 0.270 e. The van der Waals surface area contributed by atoms with Gasteiger partial charge in [-0.05, 0) is 12.1 Å². The van der Waals surface area contributed by atoms with Crippen molar-refractivity contribution in [3.8, 4) is 23.6 Å². The molecule has 102 valence electrons. The third-order valence-corrected chi connectivity index (χ3v) is 4.12. The van der Waals surface area contributed by atoms with Crippen molar-refractivity contribution in [1.29, 1.82) is 0 Å². The molecule has 2 aromatic heterocycles. The van der Waals surface area contributed by atoms with Gasteiger partial charge in [0.25, 0.3) is 5.69 Å². The van der Waals surface area contributed by atoms with Crippen molar-refractivity contribution < 1.29 is 4.92 Å². The number of benzene rings is 1. The molecule has 0 aliphatic heterocycles. The third kappa shape index (κ3) is 2.20. The van der Waals surface area contributed by atoms with Crippen molar-refractivity contribution in [3.63, 3.8) is 0 Å². The van der Waals surface area contributed by atoms with E-state index in [1.165, 1.54) is 23.5 Å². The highest BCUT2D eigenvalue weighted by atomic mass is 32.1. The van der Waals surface area contributed by atoms with E-state index in [0.29, 0.717) is 21.8 Å². The lowest BCUT2D eigenvalue weighted by Gasteiger charge is -2.01. The zero-order valence-corrected chi connectivity index (χ0v) is 11.6. The number of terminal acetylenes is 1. The standard InChI is InChI=1S/C15H9N3O2S/c1-2-13-14(16)11-6-7-12(17-15(11)21-13)9-4-3-5-10(8-9)18(19)20/h1,3-8H,16H2. The molecule has 0 aliphatic rings. The highest BCUT2D eigenvalue weighted by Gasteiger charge is 2.12. The molecule has 0 fully saturated rings. The van der Waals surface area contributed by atoms with Gasteiger partial charge in [-0.25, -0.2) is 4.98 Å². The van der Waals surface area contributed by atoms with Gasteiger partial charge >= 0.3 is 0 Å². The van der Waals surface area contributed by atoms with E-state index < -0.39 is 4.92 Å². The number of nitrogen functional groups attached to an aromatic ring is 1. The molecule has 0 atom stereocenters. The maximum absolute atomic E-state index is 10.8. The first-order chi connectivity index (χ1) is 10.1. The number of nitro groups is 1. The maximum atomic E-state index is 10.8. The number of aromatic nitrogens is 1. The molecule has 2 heterocycles. The molecule has 0 spiro atoms. The number of nitro benzene ring substituents is 1. The molecule has 0 saturated carbocycles. The van der Waals surface area contributed by atoms with Crippen LogP contribution >= 0.6 is 11.3 Å². The average Bonchev–Trinajstić information content (AvgIpc) is 2.83. The fourth-order valence-corrected chi connectivity index (χ4v) is 2.95. The van der Waals surface area contributed by atoms with Crippen molar-refractivity contribution in [2.24, 2.45) is 0 Å². The lowest BCUT2D eigenvalue weighted by molar-refractivity contribution is -0.384. The summed E-state index contributed by atoms with van der Waals surface area (Å²) in [6.07, 6.45) is 5.39. The van der Waals surface area contributed by atoms with E-state index in [2.05, 4.69) is 10.9 Å². The van der Waals surface area contributed by atoms with Crippen LogP contribution in [0, 0.1) is 22.5 Å². The number of nitrogens with two attached hydrogens (primary N) is 1. The Morgan fingerprint density at radius 2 is 2.14 bits per heavy atom. The molecular weight excluding hydrogens is 286 g/mol. The fourth-order valence-electron chi connectivity index (χ4n) is 2.04. The van der Waals surface area contributed by atoms with Crippen molar-refractivity contribution >= 4 is 32.9 Å². The van der Waals surface area contributed by atoms with Crippen LogP contribution in [-0.2, 0) is 0 Å². The molecular formula is C15H9N3O2S. The Hall–Kier alpha value is -2.91. The predicted octanol–water partition coefficient (Wildman–Crippen LogP) is 3.44. The lowest BCUT2D eigenvalue weighted by Crippen LogP contribution is -1.89. The van der Waals surface area contributed by atoms with Gasteiger partial charge < -0.3 is 5.73 Å². The van der Waals surface area contributed by atoms with Crippen LogP contribution in [0.4, 0.5) is 11.4 Å². The summed E-state index contributed by atoms with van der Waals surface area (Å²) in [5, 5.41) is 11.6. The van der Waals surface area contributed by atoms with Crippen molar-refractivity contribution in [2.75, 3.05) is 5.73 Å². The Morgan fingerprint density at radius 1 is 1.33 bits per heavy atom. The first-order valence-electron chi connectivity index (χ1n) is 6.00. The molecule has 0 bridgehead atoms. The summed E-state index contributed by atoms with van der Waals surface area (Å²) in [6, 6.07) is 9.97. The minimum absolute atomic E-state index is 0.0319. The summed E-state index contributed by atoms with van der Waals surface area (Å²) in [5.74, 6) is 2.53. The smallest absolute Gasteiger partial charge is 0.270 e. The van der Waals surface area contributed by atoms with E-state index in [0.717, 1.165) is 10.2 Å². The van der Waals surface area contributed by atoms with Crippen LogP contribution in [0.5, 0.6) is 0 Å². The van der Waals surface area contributed by atoms with Crippen LogP contribution < -0.4 is 5.73 Å². The summed E-state index contributed by atoms with van der Waals surface area (Å²) >= 11 is 1.34. The topological polar surface area (TPSA) is 82.0 Å². The van der Waals surface area contributed by atoms with Crippen LogP contribution in [0.2, 0.25) is 0 Å². The number of fused-ring (bicyclic) bond motifs is 1. The highest BCUT2D eigenvalue weighted by Crippen LogP contribution is 2.33. The fraction of sp³-hybridized carbons (Fsp3) is 0. The van der Waals surface area contributed by atoms with Gasteiger partial charge in [-0.3, -0.25) is 10.1 Å². The second kappa shape index (κ2) is 4.89. The Bertz CT molecular complexity index is 909. The van der Waals surface area contributed by atoms with Gasteiger partial charge in [0.1, 0.15) is 9.71 Å². The van der Waals surface area contributed by atoms with E-state index in [1.54, 1.807) is 18.2 Å². The molecule has 2 N–H and O–H groups in total. The SMILES string of the molecule is C#Cc1sc2nc(-c3cccc([N+](=O)[O-])c3)ccc2c1N. The van der Waals surface area contributed by atoms with E-state index in [9.17, 15) is 10.1 Å². The van der Waals surface area contributed by atoms with Crippen molar-refractivity contribution in [3.05, 3.63) is 51.4 Å². The van der Waals surface area contributed by atoms with Gasteiger partial charge in [0.2, 0.25) is 0 Å². The largest absolute Gasteiger partial charge is 0.396 e. The zero-order valence-electron chi connectivity index (χ0n) is 10.7. The molecule has 6 heteroatoms. The summed E-state index contributed by atoms with van der Waals surface area (Å²) in [6.45, 7) is 0. The number of thiophene rings is 1. The van der Waals surface area contributed by atoms with Gasteiger partial charge in [-0.1, -0.05) is 18.1 Å². The average molecular weight is 295 g/mol. The molecule has 21 heavy (non-hydrogen) atoms. The van der Waals surface area contributed by atoms with Crippen molar-refractivity contribution in [2.45, 2.75) is 0 Å². The molecule has 0 amide bonds. The van der Waals surface area contributed by atoms with E-state index >= 15 is 0 Å². The first kappa shape index (κ1) is 13.1. The van der Waals surface area contributed by atoms with Crippen LogP contribution in [0.1, 0.15) is 4.88 Å². The number of rotatable bonds is 2. The van der Waals surface area contributed by atoms with Gasteiger partial charge in [0, 0.05) is 23.1 Å². The van der Waals surface area contributed by atoms with Crippen LogP contribution in [0.15, 0.2) is 36.4 Å². The van der Waals surface area contributed by atoms with Crippen LogP contribution in [-0.4, -0.2) is 9.91 Å². The summed E-state index contributed by atoms with van der Waals surface area (Å²) in [7, 11) is 0. The number of nitrogens with zero attached hydrogens (tertiary/aromatic N) is 2. The molecule has 3 aromatic rings. The van der Waals surface area contributed by atoms with Gasteiger partial charge in [0.05, 0.1) is 16.3 Å². The molecule has 0 saturated heterocycles. The number of pyridine rings is 1. The van der Waals surface area contributed by atoms with E-state index in [-0.39, 0.29) is 5.69 Å². The molecule has 0 aliphatic carbocycles. The Morgan fingerprint density at radius 3 is 2.86 bits per heavy atom. The minimum atomic E-state index is -0.429. The summed E-state index contributed by atoms with van der Waals surface area (Å²) < 4.78 is 0. The quantitative estimate of drug-likeness (QED) is 0.446. The molecule has 3 rings (SSSR count). The monoisotopic (exact) mass is 295 g/mol. The normalized spacial score (nSPS) is 10.4. The minimum Gasteiger partial charge on any atom is -0.396 e. The Kier molecular flexibility index (Phi) is 3.05. The Labute approximate surface area is 124 Å². The first-order valence-corrected chi connectivity index (χ1v) is 6.82. The van der Waals surface area contributed by atoms with Gasteiger partial charge in [-0.15, -0.1) is 17.8 Å².